The summed E-state index contributed by atoms with van der Waals surface area (Å²) in [6, 6.07) is 13.6. The summed E-state index contributed by atoms with van der Waals surface area (Å²) >= 11 is 3.45. The number of ether oxygens (including phenoxy) is 1. The number of amides is 1. The first-order valence-electron chi connectivity index (χ1n) is 8.01. The van der Waals surface area contributed by atoms with Crippen molar-refractivity contribution in [2.75, 3.05) is 5.32 Å². The number of carbonyl (C=O) groups excluding carboxylic acids is 1. The fourth-order valence-electron chi connectivity index (χ4n) is 2.26. The van der Waals surface area contributed by atoms with Crippen molar-refractivity contribution in [2.45, 2.75) is 46.1 Å². The van der Waals surface area contributed by atoms with Gasteiger partial charge in [0, 0.05) is 10.2 Å². The van der Waals surface area contributed by atoms with Crippen LogP contribution in [0.15, 0.2) is 46.9 Å². The van der Waals surface area contributed by atoms with E-state index in [0.29, 0.717) is 5.75 Å². The van der Waals surface area contributed by atoms with E-state index >= 15 is 0 Å². The van der Waals surface area contributed by atoms with Crippen molar-refractivity contribution in [2.24, 2.45) is 0 Å². The van der Waals surface area contributed by atoms with Crippen LogP contribution < -0.4 is 10.1 Å². The minimum Gasteiger partial charge on any atom is -0.481 e. The predicted octanol–water partition coefficient (Wildman–Crippen LogP) is 5.46. The molecule has 24 heavy (non-hydrogen) atoms. The first-order valence-corrected chi connectivity index (χ1v) is 8.80. The average Bonchev–Trinajstić information content (AvgIpc) is 2.50. The van der Waals surface area contributed by atoms with E-state index in [1.807, 2.05) is 49.4 Å². The molecule has 0 bridgehead atoms. The number of carbonyl (C=O) groups is 1. The van der Waals surface area contributed by atoms with Crippen LogP contribution >= 0.6 is 15.9 Å². The Balaban J connectivity index is 1.99. The molecule has 0 unspecified atom stereocenters. The van der Waals surface area contributed by atoms with Crippen LogP contribution in [-0.2, 0) is 10.2 Å². The molecule has 0 aliphatic heterocycles. The fourth-order valence-corrected chi connectivity index (χ4v) is 2.50. The Kier molecular flexibility index (Phi) is 5.70. The lowest BCUT2D eigenvalue weighted by Crippen LogP contribution is -2.30. The standard InChI is InChI=1S/C20H24BrNO2/c1-13-12-16(8-11-18(13)21)22-19(23)14(2)24-17-9-6-15(7-10-17)20(3,4)5/h6-12,14H,1-5H3,(H,22,23)/t14-/m0/s1. The molecule has 1 atom stereocenters. The highest BCUT2D eigenvalue weighted by molar-refractivity contribution is 9.10. The van der Waals surface area contributed by atoms with Gasteiger partial charge in [0.2, 0.25) is 0 Å². The number of benzene rings is 2. The summed E-state index contributed by atoms with van der Waals surface area (Å²) in [5.41, 5.74) is 3.16. The molecular weight excluding hydrogens is 366 g/mol. The molecule has 1 N–H and O–H groups in total. The van der Waals surface area contributed by atoms with E-state index in [1.54, 1.807) is 6.92 Å². The Labute approximate surface area is 152 Å². The third-order valence-corrected chi connectivity index (χ3v) is 4.72. The molecule has 0 radical (unpaired) electrons. The van der Waals surface area contributed by atoms with Crippen molar-refractivity contribution in [1.29, 1.82) is 0 Å². The van der Waals surface area contributed by atoms with Gasteiger partial charge in [-0.1, -0.05) is 48.8 Å². The second-order valence-electron chi connectivity index (χ2n) is 6.99. The monoisotopic (exact) mass is 389 g/mol. The summed E-state index contributed by atoms with van der Waals surface area (Å²) in [6.45, 7) is 10.2. The lowest BCUT2D eigenvalue weighted by Gasteiger charge is -2.20. The number of hydrogen-bond acceptors (Lipinski definition) is 2. The molecule has 2 rings (SSSR count). The van der Waals surface area contributed by atoms with E-state index in [0.717, 1.165) is 15.7 Å². The second-order valence-corrected chi connectivity index (χ2v) is 7.84. The minimum atomic E-state index is -0.575. The molecule has 0 heterocycles. The molecule has 0 saturated heterocycles. The Morgan fingerprint density at radius 3 is 2.29 bits per heavy atom. The molecular formula is C20H24BrNO2. The van der Waals surface area contributed by atoms with Gasteiger partial charge in [-0.05, 0) is 60.7 Å². The molecule has 0 saturated carbocycles. The number of rotatable bonds is 4. The van der Waals surface area contributed by atoms with E-state index in [1.165, 1.54) is 5.56 Å². The number of hydrogen-bond donors (Lipinski definition) is 1. The largest absolute Gasteiger partial charge is 0.481 e. The van der Waals surface area contributed by atoms with Crippen LogP contribution in [0.2, 0.25) is 0 Å². The topological polar surface area (TPSA) is 38.3 Å². The summed E-state index contributed by atoms with van der Waals surface area (Å²) in [5.74, 6) is 0.522. The van der Waals surface area contributed by atoms with Crippen LogP contribution in [-0.4, -0.2) is 12.0 Å². The molecule has 0 aliphatic carbocycles. The molecule has 4 heteroatoms. The first kappa shape index (κ1) is 18.5. The minimum absolute atomic E-state index is 0.0982. The second kappa shape index (κ2) is 7.39. The van der Waals surface area contributed by atoms with Gasteiger partial charge in [0.1, 0.15) is 5.75 Å². The quantitative estimate of drug-likeness (QED) is 0.753. The maximum Gasteiger partial charge on any atom is 0.265 e. The summed E-state index contributed by atoms with van der Waals surface area (Å²) in [7, 11) is 0. The van der Waals surface area contributed by atoms with Gasteiger partial charge in [0.05, 0.1) is 0 Å². The first-order chi connectivity index (χ1) is 11.2. The molecule has 0 aliphatic rings. The average molecular weight is 390 g/mol. The smallest absolute Gasteiger partial charge is 0.265 e. The molecule has 2 aromatic rings. The van der Waals surface area contributed by atoms with Crippen molar-refractivity contribution in [1.82, 2.24) is 0 Å². The van der Waals surface area contributed by atoms with Crippen molar-refractivity contribution in [3.05, 3.63) is 58.1 Å². The number of halogens is 1. The number of aryl methyl sites for hydroxylation is 1. The maximum absolute atomic E-state index is 12.3. The Hall–Kier alpha value is -1.81. The number of nitrogens with one attached hydrogen (secondary N) is 1. The third kappa shape index (κ3) is 4.84. The van der Waals surface area contributed by atoms with E-state index in [-0.39, 0.29) is 11.3 Å². The summed E-state index contributed by atoms with van der Waals surface area (Å²) < 4.78 is 6.77. The van der Waals surface area contributed by atoms with Gasteiger partial charge in [-0.15, -0.1) is 0 Å². The molecule has 3 nitrogen and oxygen atoms in total. The van der Waals surface area contributed by atoms with Crippen molar-refractivity contribution >= 4 is 27.5 Å². The highest BCUT2D eigenvalue weighted by atomic mass is 79.9. The van der Waals surface area contributed by atoms with Crippen molar-refractivity contribution in [3.63, 3.8) is 0 Å². The Bertz CT molecular complexity index is 717. The molecule has 2 aromatic carbocycles. The molecule has 1 amide bonds. The van der Waals surface area contributed by atoms with Gasteiger partial charge in [0.25, 0.3) is 5.91 Å². The zero-order chi connectivity index (χ0) is 17.9. The Morgan fingerprint density at radius 2 is 1.75 bits per heavy atom. The lowest BCUT2D eigenvalue weighted by molar-refractivity contribution is -0.122. The SMILES string of the molecule is Cc1cc(NC(=O)[C@H](C)Oc2ccc(C(C)(C)C)cc2)ccc1Br. The highest BCUT2D eigenvalue weighted by Crippen LogP contribution is 2.25. The van der Waals surface area contributed by atoms with E-state index in [9.17, 15) is 4.79 Å². The summed E-state index contributed by atoms with van der Waals surface area (Å²) in [6.07, 6.45) is -0.575. The normalized spacial score (nSPS) is 12.6. The third-order valence-electron chi connectivity index (χ3n) is 3.83. The summed E-state index contributed by atoms with van der Waals surface area (Å²) in [5, 5.41) is 2.88. The van der Waals surface area contributed by atoms with E-state index in [4.69, 9.17) is 4.74 Å². The maximum atomic E-state index is 12.3. The molecule has 128 valence electrons. The van der Waals surface area contributed by atoms with Gasteiger partial charge in [-0.25, -0.2) is 0 Å². The van der Waals surface area contributed by atoms with Crippen LogP contribution in [0.5, 0.6) is 5.75 Å². The van der Waals surface area contributed by atoms with Crippen molar-refractivity contribution < 1.29 is 9.53 Å². The van der Waals surface area contributed by atoms with Crippen molar-refractivity contribution in [3.8, 4) is 5.75 Å². The van der Waals surface area contributed by atoms with Crippen LogP contribution in [0.25, 0.3) is 0 Å². The lowest BCUT2D eigenvalue weighted by atomic mass is 9.87. The number of anilines is 1. The fraction of sp³-hybridized carbons (Fsp3) is 0.350. The van der Waals surface area contributed by atoms with Crippen LogP contribution in [0, 0.1) is 6.92 Å². The molecule has 0 aromatic heterocycles. The van der Waals surface area contributed by atoms with Crippen LogP contribution in [0.1, 0.15) is 38.8 Å². The molecule has 0 spiro atoms. The van der Waals surface area contributed by atoms with E-state index < -0.39 is 6.10 Å². The van der Waals surface area contributed by atoms with Gasteiger partial charge in [0.15, 0.2) is 6.10 Å². The zero-order valence-corrected chi connectivity index (χ0v) is 16.4. The Morgan fingerprint density at radius 1 is 1.12 bits per heavy atom. The summed E-state index contributed by atoms with van der Waals surface area (Å²) in [4.78, 5) is 12.3. The van der Waals surface area contributed by atoms with Gasteiger partial charge in [-0.3, -0.25) is 4.79 Å². The van der Waals surface area contributed by atoms with Crippen LogP contribution in [0.4, 0.5) is 5.69 Å². The van der Waals surface area contributed by atoms with Gasteiger partial charge < -0.3 is 10.1 Å². The van der Waals surface area contributed by atoms with Gasteiger partial charge >= 0.3 is 0 Å². The predicted molar refractivity (Wildman–Crippen MR) is 103 cm³/mol. The highest BCUT2D eigenvalue weighted by Gasteiger charge is 2.17. The van der Waals surface area contributed by atoms with Gasteiger partial charge in [-0.2, -0.15) is 0 Å². The van der Waals surface area contributed by atoms with E-state index in [2.05, 4.69) is 42.0 Å². The molecule has 0 fully saturated rings. The van der Waals surface area contributed by atoms with Crippen LogP contribution in [0.3, 0.4) is 0 Å². The zero-order valence-electron chi connectivity index (χ0n) is 14.8.